The molecule has 0 saturated heterocycles. The predicted molar refractivity (Wildman–Crippen MR) is 63.1 cm³/mol. The smallest absolute Gasteiger partial charge is 0.300 e. The van der Waals surface area contributed by atoms with E-state index in [0.29, 0.717) is 17.0 Å². The molecule has 2 rings (SSSR count). The SMILES string of the molecule is CC#CCN1C(=O)C(=O)c2ccc(OC)cc21. The Morgan fingerprint density at radius 1 is 1.35 bits per heavy atom. The quantitative estimate of drug-likeness (QED) is 0.566. The summed E-state index contributed by atoms with van der Waals surface area (Å²) in [4.78, 5) is 24.8. The Balaban J connectivity index is 2.47. The molecule has 1 heterocycles. The molecule has 0 N–H and O–H groups in total. The van der Waals surface area contributed by atoms with Gasteiger partial charge in [0.1, 0.15) is 5.75 Å². The number of hydrogen-bond acceptors (Lipinski definition) is 3. The van der Waals surface area contributed by atoms with E-state index in [1.807, 2.05) is 0 Å². The van der Waals surface area contributed by atoms with Crippen LogP contribution in [-0.4, -0.2) is 25.3 Å². The third-order valence-corrected chi connectivity index (χ3v) is 2.59. The second-order valence-electron chi connectivity index (χ2n) is 3.53. The van der Waals surface area contributed by atoms with Crippen molar-refractivity contribution in [2.75, 3.05) is 18.6 Å². The van der Waals surface area contributed by atoms with Crippen LogP contribution in [0.4, 0.5) is 5.69 Å². The van der Waals surface area contributed by atoms with E-state index in [9.17, 15) is 9.59 Å². The van der Waals surface area contributed by atoms with Crippen molar-refractivity contribution in [3.8, 4) is 17.6 Å². The number of carbonyl (C=O) groups is 2. The number of carbonyl (C=O) groups excluding carboxylic acids is 2. The molecule has 1 aliphatic rings. The van der Waals surface area contributed by atoms with Crippen LogP contribution >= 0.6 is 0 Å². The van der Waals surface area contributed by atoms with E-state index in [-0.39, 0.29) is 6.54 Å². The largest absolute Gasteiger partial charge is 0.497 e. The van der Waals surface area contributed by atoms with Crippen LogP contribution in [0.5, 0.6) is 5.75 Å². The first-order valence-electron chi connectivity index (χ1n) is 5.13. The zero-order chi connectivity index (χ0) is 12.4. The summed E-state index contributed by atoms with van der Waals surface area (Å²) in [5.74, 6) is 5.08. The Kier molecular flexibility index (Phi) is 2.84. The summed E-state index contributed by atoms with van der Waals surface area (Å²) < 4.78 is 5.08. The minimum atomic E-state index is -0.531. The normalized spacial score (nSPS) is 13.2. The Morgan fingerprint density at radius 2 is 2.12 bits per heavy atom. The van der Waals surface area contributed by atoms with Crippen LogP contribution in [0.25, 0.3) is 0 Å². The van der Waals surface area contributed by atoms with Gasteiger partial charge in [-0.1, -0.05) is 5.92 Å². The molecule has 17 heavy (non-hydrogen) atoms. The highest BCUT2D eigenvalue weighted by atomic mass is 16.5. The highest BCUT2D eigenvalue weighted by Gasteiger charge is 2.35. The topological polar surface area (TPSA) is 46.6 Å². The summed E-state index contributed by atoms with van der Waals surface area (Å²) in [7, 11) is 1.54. The number of ether oxygens (including phenoxy) is 1. The van der Waals surface area contributed by atoms with Crippen LogP contribution in [0.2, 0.25) is 0 Å². The van der Waals surface area contributed by atoms with E-state index in [1.165, 1.54) is 12.0 Å². The highest BCUT2D eigenvalue weighted by Crippen LogP contribution is 2.31. The van der Waals surface area contributed by atoms with E-state index in [4.69, 9.17) is 4.74 Å². The van der Waals surface area contributed by atoms with Crippen molar-refractivity contribution >= 4 is 17.4 Å². The Hall–Kier alpha value is -2.28. The van der Waals surface area contributed by atoms with Gasteiger partial charge in [-0.05, 0) is 19.1 Å². The van der Waals surface area contributed by atoms with E-state index < -0.39 is 11.7 Å². The molecule has 0 aliphatic carbocycles. The molecule has 0 radical (unpaired) electrons. The van der Waals surface area contributed by atoms with Crippen LogP contribution < -0.4 is 9.64 Å². The van der Waals surface area contributed by atoms with Gasteiger partial charge < -0.3 is 4.74 Å². The Bertz CT molecular complexity index is 552. The van der Waals surface area contributed by atoms with Gasteiger partial charge in [0.05, 0.1) is 24.9 Å². The maximum atomic E-state index is 11.7. The number of rotatable bonds is 2. The fourth-order valence-corrected chi connectivity index (χ4v) is 1.72. The van der Waals surface area contributed by atoms with Crippen molar-refractivity contribution in [1.82, 2.24) is 0 Å². The second-order valence-corrected chi connectivity index (χ2v) is 3.53. The Morgan fingerprint density at radius 3 is 2.76 bits per heavy atom. The molecule has 0 atom stereocenters. The lowest BCUT2D eigenvalue weighted by Gasteiger charge is -2.13. The van der Waals surface area contributed by atoms with Crippen molar-refractivity contribution in [3.63, 3.8) is 0 Å². The summed E-state index contributed by atoms with van der Waals surface area (Å²) in [6, 6.07) is 4.95. The van der Waals surface area contributed by atoms with Crippen LogP contribution in [0.3, 0.4) is 0 Å². The minimum Gasteiger partial charge on any atom is -0.497 e. The van der Waals surface area contributed by atoms with Gasteiger partial charge in [-0.2, -0.15) is 0 Å². The lowest BCUT2D eigenvalue weighted by atomic mass is 10.1. The summed E-state index contributed by atoms with van der Waals surface area (Å²) >= 11 is 0. The highest BCUT2D eigenvalue weighted by molar-refractivity contribution is 6.52. The number of anilines is 1. The third-order valence-electron chi connectivity index (χ3n) is 2.59. The zero-order valence-corrected chi connectivity index (χ0v) is 9.61. The molecule has 1 amide bonds. The van der Waals surface area contributed by atoms with Gasteiger partial charge in [0.15, 0.2) is 0 Å². The Labute approximate surface area is 99.2 Å². The van der Waals surface area contributed by atoms with Gasteiger partial charge in [0.25, 0.3) is 11.7 Å². The first kappa shape index (κ1) is 11.2. The second kappa shape index (κ2) is 4.30. The van der Waals surface area contributed by atoms with E-state index in [1.54, 1.807) is 25.1 Å². The van der Waals surface area contributed by atoms with Crippen LogP contribution in [-0.2, 0) is 4.79 Å². The molecule has 86 valence electrons. The molecule has 0 aromatic heterocycles. The lowest BCUT2D eigenvalue weighted by molar-refractivity contribution is -0.114. The monoisotopic (exact) mass is 229 g/mol. The van der Waals surface area contributed by atoms with Gasteiger partial charge in [-0.15, -0.1) is 5.92 Å². The fraction of sp³-hybridized carbons (Fsp3) is 0.231. The predicted octanol–water partition coefficient (Wildman–Crippen LogP) is 1.25. The maximum absolute atomic E-state index is 11.7. The fourth-order valence-electron chi connectivity index (χ4n) is 1.72. The number of amides is 1. The molecular weight excluding hydrogens is 218 g/mol. The molecule has 0 spiro atoms. The molecule has 1 aliphatic heterocycles. The number of ketones is 1. The van der Waals surface area contributed by atoms with E-state index >= 15 is 0 Å². The molecular formula is C13H11NO3. The summed E-state index contributed by atoms with van der Waals surface area (Å²) in [6.07, 6.45) is 0. The lowest BCUT2D eigenvalue weighted by Crippen LogP contribution is -2.29. The van der Waals surface area contributed by atoms with Crippen molar-refractivity contribution in [3.05, 3.63) is 23.8 Å². The average Bonchev–Trinajstić information content (AvgIpc) is 2.59. The van der Waals surface area contributed by atoms with Crippen LogP contribution in [0, 0.1) is 11.8 Å². The summed E-state index contributed by atoms with van der Waals surface area (Å²) in [6.45, 7) is 1.91. The van der Waals surface area contributed by atoms with Crippen molar-refractivity contribution in [2.45, 2.75) is 6.92 Å². The number of methoxy groups -OCH3 is 1. The molecule has 0 fully saturated rings. The molecule has 1 aromatic rings. The number of Topliss-reactive ketones (excluding diaryl/α,β-unsaturated/α-hetero) is 1. The average molecular weight is 229 g/mol. The number of hydrogen-bond donors (Lipinski definition) is 0. The van der Waals surface area contributed by atoms with Gasteiger partial charge in [-0.25, -0.2) is 0 Å². The first-order valence-corrected chi connectivity index (χ1v) is 5.13. The van der Waals surface area contributed by atoms with E-state index in [0.717, 1.165) is 0 Å². The van der Waals surface area contributed by atoms with Crippen LogP contribution in [0.1, 0.15) is 17.3 Å². The first-order chi connectivity index (χ1) is 8.19. The number of nitrogens with zero attached hydrogens (tertiary/aromatic N) is 1. The molecule has 0 unspecified atom stereocenters. The number of benzene rings is 1. The van der Waals surface area contributed by atoms with Gasteiger partial charge in [0.2, 0.25) is 0 Å². The molecule has 4 heteroatoms. The third kappa shape index (κ3) is 1.76. The van der Waals surface area contributed by atoms with Gasteiger partial charge in [-0.3, -0.25) is 14.5 Å². The van der Waals surface area contributed by atoms with Crippen molar-refractivity contribution < 1.29 is 14.3 Å². The van der Waals surface area contributed by atoms with Crippen molar-refractivity contribution in [2.24, 2.45) is 0 Å². The summed E-state index contributed by atoms with van der Waals surface area (Å²) in [5.41, 5.74) is 0.982. The number of fused-ring (bicyclic) bond motifs is 1. The van der Waals surface area contributed by atoms with Crippen molar-refractivity contribution in [1.29, 1.82) is 0 Å². The minimum absolute atomic E-state index is 0.223. The van der Waals surface area contributed by atoms with Gasteiger partial charge >= 0.3 is 0 Å². The zero-order valence-electron chi connectivity index (χ0n) is 9.61. The standard InChI is InChI=1S/C13H11NO3/c1-3-4-7-14-11-8-9(17-2)5-6-10(11)12(15)13(14)16/h5-6,8H,7H2,1-2H3. The summed E-state index contributed by atoms with van der Waals surface area (Å²) in [5, 5.41) is 0. The van der Waals surface area contributed by atoms with Crippen LogP contribution in [0.15, 0.2) is 18.2 Å². The molecule has 1 aromatic carbocycles. The molecule has 0 saturated carbocycles. The van der Waals surface area contributed by atoms with E-state index in [2.05, 4.69) is 11.8 Å². The molecule has 0 bridgehead atoms. The maximum Gasteiger partial charge on any atom is 0.300 e. The van der Waals surface area contributed by atoms with Gasteiger partial charge in [0, 0.05) is 6.07 Å². The molecule has 4 nitrogen and oxygen atoms in total.